The van der Waals surface area contributed by atoms with Crippen LogP contribution in [0.25, 0.3) is 0 Å². The van der Waals surface area contributed by atoms with Gasteiger partial charge in [0.15, 0.2) is 0 Å². The molecule has 0 saturated carbocycles. The molecule has 0 amide bonds. The molecule has 1 unspecified atom stereocenters. The van der Waals surface area contributed by atoms with E-state index in [1.165, 1.54) is 17.2 Å². The highest BCUT2D eigenvalue weighted by Gasteiger charge is 2.26. The van der Waals surface area contributed by atoms with Crippen molar-refractivity contribution >= 4 is 11.8 Å². The molecule has 2 rings (SSSR count). The second-order valence-corrected chi connectivity index (χ2v) is 7.44. The molecule has 130 valence electrons. The van der Waals surface area contributed by atoms with Gasteiger partial charge in [-0.2, -0.15) is 0 Å². The number of ether oxygens (including phenoxy) is 1. The Morgan fingerprint density at radius 3 is 2.71 bits per heavy atom. The zero-order valence-corrected chi connectivity index (χ0v) is 15.0. The van der Waals surface area contributed by atoms with Gasteiger partial charge in [-0.1, -0.05) is 36.8 Å². The lowest BCUT2D eigenvalue weighted by molar-refractivity contribution is -0.148. The largest absolute Gasteiger partial charge is 0.457 e. The minimum atomic E-state index is -0.448. The Morgan fingerprint density at radius 2 is 1.96 bits per heavy atom. The number of Topliss-reactive ketones (excluding diaryl/α,β-unsaturated/α-hetero) is 1. The van der Waals surface area contributed by atoms with Gasteiger partial charge < -0.3 is 4.74 Å². The van der Waals surface area contributed by atoms with Crippen molar-refractivity contribution < 1.29 is 14.3 Å². The summed E-state index contributed by atoms with van der Waals surface area (Å²) in [6, 6.07) is 8.30. The summed E-state index contributed by atoms with van der Waals surface area (Å²) in [7, 11) is 0. The van der Waals surface area contributed by atoms with Crippen LogP contribution in [0.15, 0.2) is 36.4 Å². The highest BCUT2D eigenvalue weighted by molar-refractivity contribution is 5.88. The number of esters is 1. The topological polar surface area (TPSA) is 43.4 Å². The number of aryl methyl sites for hydroxylation is 1. The standard InChI is InChI=1S/C21H28O3/c1-21(2,3)24-20(23)13-7-5-4-6-12-18-17-11-9-8-10-16(17)14-15-19(18)22/h7-11,13,18H,4-6,12,14-15H2,1-3H3/b13-7+. The summed E-state index contributed by atoms with van der Waals surface area (Å²) < 4.78 is 5.22. The van der Waals surface area contributed by atoms with E-state index in [0.29, 0.717) is 12.2 Å². The first-order valence-corrected chi connectivity index (χ1v) is 8.87. The molecule has 0 radical (unpaired) electrons. The summed E-state index contributed by atoms with van der Waals surface area (Å²) in [6.45, 7) is 5.58. The molecule has 3 nitrogen and oxygen atoms in total. The fraction of sp³-hybridized carbons (Fsp3) is 0.524. The molecule has 0 bridgehead atoms. The van der Waals surface area contributed by atoms with Gasteiger partial charge >= 0.3 is 5.97 Å². The molecule has 1 aliphatic carbocycles. The van der Waals surface area contributed by atoms with Crippen molar-refractivity contribution in [2.24, 2.45) is 0 Å². The lowest BCUT2D eigenvalue weighted by Gasteiger charge is -2.24. The first-order chi connectivity index (χ1) is 11.4. The summed E-state index contributed by atoms with van der Waals surface area (Å²) in [5.41, 5.74) is 2.10. The summed E-state index contributed by atoms with van der Waals surface area (Å²) in [6.07, 6.45) is 8.62. The normalized spacial score (nSPS) is 17.8. The molecule has 0 aliphatic heterocycles. The SMILES string of the molecule is CC(C)(C)OC(=O)/C=C/CCCCC1C(=O)CCc2ccccc21. The van der Waals surface area contributed by atoms with Gasteiger partial charge in [0.05, 0.1) is 0 Å². The van der Waals surface area contributed by atoms with Crippen molar-refractivity contribution in [3.8, 4) is 0 Å². The number of unbranched alkanes of at least 4 members (excludes halogenated alkanes) is 2. The molecule has 0 heterocycles. The average Bonchev–Trinajstić information content (AvgIpc) is 2.50. The average molecular weight is 328 g/mol. The summed E-state index contributed by atoms with van der Waals surface area (Å²) in [4.78, 5) is 23.8. The van der Waals surface area contributed by atoms with E-state index in [0.717, 1.165) is 32.1 Å². The highest BCUT2D eigenvalue weighted by atomic mass is 16.6. The van der Waals surface area contributed by atoms with E-state index >= 15 is 0 Å². The number of rotatable bonds is 6. The van der Waals surface area contributed by atoms with Crippen LogP contribution in [0.2, 0.25) is 0 Å². The predicted molar refractivity (Wildman–Crippen MR) is 96.0 cm³/mol. The number of fused-ring (bicyclic) bond motifs is 1. The highest BCUT2D eigenvalue weighted by Crippen LogP contribution is 2.32. The monoisotopic (exact) mass is 328 g/mol. The van der Waals surface area contributed by atoms with Crippen LogP contribution in [0.5, 0.6) is 0 Å². The zero-order chi connectivity index (χ0) is 17.6. The van der Waals surface area contributed by atoms with Crippen LogP contribution in [-0.4, -0.2) is 17.4 Å². The first kappa shape index (κ1) is 18.4. The number of benzene rings is 1. The zero-order valence-electron chi connectivity index (χ0n) is 15.0. The third kappa shape index (κ3) is 5.63. The van der Waals surface area contributed by atoms with E-state index < -0.39 is 5.60 Å². The molecule has 1 aliphatic rings. The van der Waals surface area contributed by atoms with E-state index in [-0.39, 0.29) is 11.9 Å². The van der Waals surface area contributed by atoms with Crippen LogP contribution in [-0.2, 0) is 20.7 Å². The van der Waals surface area contributed by atoms with E-state index in [2.05, 4.69) is 12.1 Å². The van der Waals surface area contributed by atoms with Crippen LogP contribution < -0.4 is 0 Å². The van der Waals surface area contributed by atoms with Crippen LogP contribution in [0, 0.1) is 0 Å². The third-order valence-corrected chi connectivity index (χ3v) is 4.23. The molecule has 0 N–H and O–H groups in total. The van der Waals surface area contributed by atoms with Crippen molar-refractivity contribution in [3.63, 3.8) is 0 Å². The van der Waals surface area contributed by atoms with Crippen LogP contribution >= 0.6 is 0 Å². The maximum atomic E-state index is 12.2. The fourth-order valence-electron chi connectivity index (χ4n) is 3.15. The van der Waals surface area contributed by atoms with Gasteiger partial charge in [0.25, 0.3) is 0 Å². The van der Waals surface area contributed by atoms with Crippen molar-refractivity contribution in [2.75, 3.05) is 0 Å². The third-order valence-electron chi connectivity index (χ3n) is 4.23. The van der Waals surface area contributed by atoms with Crippen LogP contribution in [0.1, 0.15) is 69.9 Å². The van der Waals surface area contributed by atoms with Gasteiger partial charge in [-0.05, 0) is 57.6 Å². The molecule has 0 saturated heterocycles. The van der Waals surface area contributed by atoms with Gasteiger partial charge in [-0.15, -0.1) is 0 Å². The Hall–Kier alpha value is -1.90. The summed E-state index contributed by atoms with van der Waals surface area (Å²) in [5.74, 6) is 0.140. The number of carbonyl (C=O) groups is 2. The maximum Gasteiger partial charge on any atom is 0.330 e. The Bertz CT molecular complexity index is 608. The predicted octanol–water partition coefficient (Wildman–Crippen LogP) is 4.74. The fourth-order valence-corrected chi connectivity index (χ4v) is 3.15. The van der Waals surface area contributed by atoms with E-state index in [4.69, 9.17) is 4.74 Å². The maximum absolute atomic E-state index is 12.2. The second-order valence-electron chi connectivity index (χ2n) is 7.44. The molecule has 1 aromatic carbocycles. The molecular weight excluding hydrogens is 300 g/mol. The van der Waals surface area contributed by atoms with E-state index in [9.17, 15) is 9.59 Å². The molecule has 0 fully saturated rings. The van der Waals surface area contributed by atoms with E-state index in [1.807, 2.05) is 39.0 Å². The Labute approximate surface area is 145 Å². The minimum absolute atomic E-state index is 0.0600. The molecule has 1 aromatic rings. The molecule has 0 spiro atoms. The van der Waals surface area contributed by atoms with Gasteiger partial charge in [0, 0.05) is 18.4 Å². The minimum Gasteiger partial charge on any atom is -0.457 e. The smallest absolute Gasteiger partial charge is 0.330 e. The van der Waals surface area contributed by atoms with Crippen molar-refractivity contribution in [1.82, 2.24) is 0 Å². The number of allylic oxidation sites excluding steroid dienone is 1. The Morgan fingerprint density at radius 1 is 1.21 bits per heavy atom. The molecule has 0 aromatic heterocycles. The summed E-state index contributed by atoms with van der Waals surface area (Å²) in [5, 5.41) is 0. The van der Waals surface area contributed by atoms with Crippen LogP contribution in [0.4, 0.5) is 0 Å². The van der Waals surface area contributed by atoms with Gasteiger partial charge in [-0.3, -0.25) is 4.79 Å². The van der Waals surface area contributed by atoms with Crippen molar-refractivity contribution in [3.05, 3.63) is 47.5 Å². The molecule has 1 atom stereocenters. The lowest BCUT2D eigenvalue weighted by atomic mass is 9.79. The first-order valence-electron chi connectivity index (χ1n) is 8.87. The summed E-state index contributed by atoms with van der Waals surface area (Å²) >= 11 is 0. The number of ketones is 1. The molecule has 3 heteroatoms. The molecular formula is C21H28O3. The lowest BCUT2D eigenvalue weighted by Crippen LogP contribution is -2.22. The number of hydrogen-bond donors (Lipinski definition) is 0. The van der Waals surface area contributed by atoms with Gasteiger partial charge in [0.1, 0.15) is 11.4 Å². The quantitative estimate of drug-likeness (QED) is 0.430. The second kappa shape index (κ2) is 8.27. The molecule has 24 heavy (non-hydrogen) atoms. The number of carbonyl (C=O) groups excluding carboxylic acids is 2. The Balaban J connectivity index is 1.75. The van der Waals surface area contributed by atoms with Gasteiger partial charge in [0.2, 0.25) is 0 Å². The Kier molecular flexibility index (Phi) is 6.36. The van der Waals surface area contributed by atoms with Crippen molar-refractivity contribution in [2.45, 2.75) is 70.8 Å². The van der Waals surface area contributed by atoms with Crippen molar-refractivity contribution in [1.29, 1.82) is 0 Å². The number of hydrogen-bond acceptors (Lipinski definition) is 3. The van der Waals surface area contributed by atoms with Crippen LogP contribution in [0.3, 0.4) is 0 Å². The van der Waals surface area contributed by atoms with Gasteiger partial charge in [-0.25, -0.2) is 4.79 Å². The van der Waals surface area contributed by atoms with E-state index in [1.54, 1.807) is 0 Å².